The number of carbonyl (C=O) groups is 1. The number of H-pyrrole nitrogens is 1. The minimum absolute atomic E-state index is 0.330. The molecule has 1 N–H and O–H groups in total. The quantitative estimate of drug-likeness (QED) is 0.904. The number of likely N-dealkylation sites (tertiary alicyclic amines) is 1. The molecule has 1 atom stereocenters. The van der Waals surface area contributed by atoms with Gasteiger partial charge in [0.1, 0.15) is 0 Å². The van der Waals surface area contributed by atoms with Crippen molar-refractivity contribution in [3.63, 3.8) is 0 Å². The summed E-state index contributed by atoms with van der Waals surface area (Å²) < 4.78 is 0. The number of rotatable bonds is 4. The monoisotopic (exact) mass is 365 g/mol. The first kappa shape index (κ1) is 16.9. The zero-order valence-electron chi connectivity index (χ0n) is 15.7. The van der Waals surface area contributed by atoms with Crippen molar-refractivity contribution in [3.05, 3.63) is 47.8 Å². The van der Waals surface area contributed by atoms with E-state index >= 15 is 0 Å². The summed E-state index contributed by atoms with van der Waals surface area (Å²) in [5, 5.41) is 0. The van der Waals surface area contributed by atoms with E-state index in [9.17, 15) is 4.79 Å². The van der Waals surface area contributed by atoms with Gasteiger partial charge in [-0.05, 0) is 43.2 Å². The van der Waals surface area contributed by atoms with Crippen molar-refractivity contribution in [1.29, 1.82) is 0 Å². The third kappa shape index (κ3) is 3.38. The number of aromatic amines is 1. The van der Waals surface area contributed by atoms with Crippen LogP contribution in [0.15, 0.2) is 30.9 Å². The summed E-state index contributed by atoms with van der Waals surface area (Å²) >= 11 is 0. The molecule has 2 fully saturated rings. The summed E-state index contributed by atoms with van der Waals surface area (Å²) in [6.45, 7) is 3.75. The number of pyridine rings is 1. The van der Waals surface area contributed by atoms with Gasteiger partial charge < -0.3 is 9.88 Å². The van der Waals surface area contributed by atoms with Crippen molar-refractivity contribution in [2.75, 3.05) is 19.6 Å². The fraction of sp³-hybridized carbons (Fsp3) is 0.571. The first-order valence-corrected chi connectivity index (χ1v) is 10.2. The lowest BCUT2D eigenvalue weighted by molar-refractivity contribution is -0.134. The standard InChI is InChI=1S/C21H27N5O/c27-21(17-3-4-17)25-9-5-16(6-10-25)20-19-18(23-14-24-19)7-11-26(20)13-15-2-1-8-22-12-15/h1-2,8,12,14,16-17,20H,3-7,9-11,13H2,(H,23,24). The van der Waals surface area contributed by atoms with Crippen molar-refractivity contribution < 1.29 is 4.79 Å². The van der Waals surface area contributed by atoms with Crippen LogP contribution >= 0.6 is 0 Å². The lowest BCUT2D eigenvalue weighted by atomic mass is 9.83. The van der Waals surface area contributed by atoms with Gasteiger partial charge in [-0.1, -0.05) is 6.07 Å². The smallest absolute Gasteiger partial charge is 0.225 e. The molecule has 0 spiro atoms. The van der Waals surface area contributed by atoms with Gasteiger partial charge in [0.15, 0.2) is 0 Å². The molecule has 2 aliphatic heterocycles. The fourth-order valence-corrected chi connectivity index (χ4v) is 4.80. The van der Waals surface area contributed by atoms with Crippen molar-refractivity contribution in [3.8, 4) is 0 Å². The average molecular weight is 365 g/mol. The minimum Gasteiger partial charge on any atom is -0.348 e. The Kier molecular flexibility index (Phi) is 4.44. The number of imidazole rings is 1. The van der Waals surface area contributed by atoms with E-state index in [1.807, 2.05) is 24.8 Å². The predicted molar refractivity (Wildman–Crippen MR) is 102 cm³/mol. The molecule has 0 bridgehead atoms. The van der Waals surface area contributed by atoms with E-state index in [0.29, 0.717) is 23.8 Å². The van der Waals surface area contributed by atoms with Crippen LogP contribution in [0.4, 0.5) is 0 Å². The van der Waals surface area contributed by atoms with Crippen molar-refractivity contribution >= 4 is 5.91 Å². The third-order valence-electron chi connectivity index (χ3n) is 6.41. The largest absolute Gasteiger partial charge is 0.348 e. The maximum Gasteiger partial charge on any atom is 0.225 e. The predicted octanol–water partition coefficient (Wildman–Crippen LogP) is 2.55. The average Bonchev–Trinajstić information content (AvgIpc) is 3.46. The van der Waals surface area contributed by atoms with Gasteiger partial charge in [0.05, 0.1) is 18.1 Å². The van der Waals surface area contributed by atoms with Gasteiger partial charge >= 0.3 is 0 Å². The van der Waals surface area contributed by atoms with Crippen molar-refractivity contribution in [2.45, 2.75) is 44.7 Å². The van der Waals surface area contributed by atoms with Crippen LogP contribution in [0.2, 0.25) is 0 Å². The van der Waals surface area contributed by atoms with E-state index in [4.69, 9.17) is 4.98 Å². The van der Waals surface area contributed by atoms with Crippen LogP contribution in [-0.4, -0.2) is 50.3 Å². The molecule has 142 valence electrons. The molecular weight excluding hydrogens is 338 g/mol. The van der Waals surface area contributed by atoms with Crippen LogP contribution < -0.4 is 0 Å². The second kappa shape index (κ2) is 7.08. The van der Waals surface area contributed by atoms with Crippen molar-refractivity contribution in [2.24, 2.45) is 11.8 Å². The van der Waals surface area contributed by atoms with Gasteiger partial charge in [-0.15, -0.1) is 0 Å². The Balaban J connectivity index is 1.33. The first-order valence-electron chi connectivity index (χ1n) is 10.2. The summed E-state index contributed by atoms with van der Waals surface area (Å²) in [7, 11) is 0. The highest BCUT2D eigenvalue weighted by molar-refractivity contribution is 5.81. The molecular formula is C21H27N5O. The van der Waals surface area contributed by atoms with Gasteiger partial charge in [0.25, 0.3) is 0 Å². The normalized spacial score (nSPS) is 24.0. The summed E-state index contributed by atoms with van der Waals surface area (Å²) in [5.41, 5.74) is 3.76. The topological polar surface area (TPSA) is 65.1 Å². The zero-order chi connectivity index (χ0) is 18.2. The Morgan fingerprint density at radius 2 is 2.04 bits per heavy atom. The highest BCUT2D eigenvalue weighted by Gasteiger charge is 2.40. The zero-order valence-corrected chi connectivity index (χ0v) is 15.7. The van der Waals surface area contributed by atoms with E-state index in [1.54, 1.807) is 0 Å². The molecule has 1 aliphatic carbocycles. The highest BCUT2D eigenvalue weighted by atomic mass is 16.2. The molecule has 4 heterocycles. The number of fused-ring (bicyclic) bond motifs is 1. The van der Waals surface area contributed by atoms with E-state index in [1.165, 1.54) is 17.0 Å². The van der Waals surface area contributed by atoms with E-state index < -0.39 is 0 Å². The molecule has 1 unspecified atom stereocenters. The van der Waals surface area contributed by atoms with E-state index in [0.717, 1.165) is 58.3 Å². The van der Waals surface area contributed by atoms with Gasteiger partial charge in [-0.25, -0.2) is 4.98 Å². The number of hydrogen-bond acceptors (Lipinski definition) is 4. The second-order valence-corrected chi connectivity index (χ2v) is 8.23. The molecule has 3 aliphatic rings. The Labute approximate surface area is 160 Å². The molecule has 1 saturated heterocycles. The molecule has 2 aromatic heterocycles. The highest BCUT2D eigenvalue weighted by Crippen LogP contribution is 2.40. The third-order valence-corrected chi connectivity index (χ3v) is 6.41. The number of aromatic nitrogens is 3. The van der Waals surface area contributed by atoms with Gasteiger partial charge in [-0.2, -0.15) is 0 Å². The van der Waals surface area contributed by atoms with Crippen molar-refractivity contribution in [1.82, 2.24) is 24.8 Å². The number of nitrogens with zero attached hydrogens (tertiary/aromatic N) is 4. The van der Waals surface area contributed by atoms with Crippen LogP contribution in [0.25, 0.3) is 0 Å². The Morgan fingerprint density at radius 3 is 2.78 bits per heavy atom. The Bertz CT molecular complexity index is 792. The van der Waals surface area contributed by atoms with Gasteiger partial charge in [0.2, 0.25) is 5.91 Å². The number of piperidine rings is 1. The lowest BCUT2D eigenvalue weighted by Gasteiger charge is -2.43. The van der Waals surface area contributed by atoms with Crippen LogP contribution in [0.1, 0.15) is 48.7 Å². The Morgan fingerprint density at radius 1 is 1.19 bits per heavy atom. The molecule has 27 heavy (non-hydrogen) atoms. The molecule has 6 heteroatoms. The molecule has 1 saturated carbocycles. The minimum atomic E-state index is 0.330. The molecule has 2 aromatic rings. The first-order chi connectivity index (χ1) is 13.3. The number of amides is 1. The fourth-order valence-electron chi connectivity index (χ4n) is 4.80. The molecule has 0 aromatic carbocycles. The molecule has 5 rings (SSSR count). The summed E-state index contributed by atoms with van der Waals surface area (Å²) in [5.74, 6) is 1.27. The van der Waals surface area contributed by atoms with Gasteiger partial charge in [0, 0.05) is 56.6 Å². The van der Waals surface area contributed by atoms with Crippen LogP contribution in [0.5, 0.6) is 0 Å². The SMILES string of the molecule is O=C(C1CC1)N1CCC(C2c3nc[nH]c3CCN2Cc2cccnc2)CC1. The van der Waals surface area contributed by atoms with E-state index in [-0.39, 0.29) is 0 Å². The second-order valence-electron chi connectivity index (χ2n) is 8.23. The number of hydrogen-bond donors (Lipinski definition) is 1. The van der Waals surface area contributed by atoms with Crippen LogP contribution in [-0.2, 0) is 17.8 Å². The summed E-state index contributed by atoms with van der Waals surface area (Å²) in [4.78, 5) is 29.4. The van der Waals surface area contributed by atoms with Crippen LogP contribution in [0.3, 0.4) is 0 Å². The lowest BCUT2D eigenvalue weighted by Crippen LogP contribution is -2.45. The maximum atomic E-state index is 12.4. The summed E-state index contributed by atoms with van der Waals surface area (Å²) in [6.07, 6.45) is 11.0. The molecule has 1 amide bonds. The number of nitrogens with one attached hydrogen (secondary N) is 1. The van der Waals surface area contributed by atoms with Crippen LogP contribution in [0, 0.1) is 11.8 Å². The Hall–Kier alpha value is -2.21. The summed E-state index contributed by atoms with van der Waals surface area (Å²) in [6, 6.07) is 4.50. The molecule has 6 nitrogen and oxygen atoms in total. The van der Waals surface area contributed by atoms with E-state index in [2.05, 4.69) is 25.8 Å². The maximum absolute atomic E-state index is 12.4. The molecule has 0 radical (unpaired) electrons. The number of carbonyl (C=O) groups excluding carboxylic acids is 1. The van der Waals surface area contributed by atoms with Gasteiger partial charge in [-0.3, -0.25) is 14.7 Å².